The summed E-state index contributed by atoms with van der Waals surface area (Å²) in [6.07, 6.45) is -48.9. The lowest BCUT2D eigenvalue weighted by atomic mass is 9.12. The van der Waals surface area contributed by atoms with Crippen LogP contribution in [0.2, 0.25) is 0 Å². The standard InChI is InChI=1S/C32H12BF24.C12H12BrN2/c34-25(35,36)13-1-14(26(37,38)39)6-21(5-13)33(22-7-15(27(40,41)42)2-16(8-22)28(43,44)45,23-9-17(29(46,47)48)3-18(10-23)30(49,50)51)24-11-19(31(52,53)54)4-20(12-24)32(55,56)57;13-8-12-10-15(7-6-14-12)9-11-4-2-1-3-5-11/h1-12H;1-7,10H,8-9H2/q-1;+1. The highest BCUT2D eigenvalue weighted by molar-refractivity contribution is 9.08. The Morgan fingerprint density at radius 3 is 0.847 bits per heavy atom. The molecule has 388 valence electrons. The molecule has 0 saturated carbocycles. The smallest absolute Gasteiger partial charge is 0.248 e. The topological polar surface area (TPSA) is 16.8 Å². The van der Waals surface area contributed by atoms with Crippen molar-refractivity contribution >= 4 is 43.9 Å². The van der Waals surface area contributed by atoms with Crippen LogP contribution in [-0.4, -0.2) is 11.1 Å². The first kappa shape index (κ1) is 57.0. The molecule has 1 heterocycles. The van der Waals surface area contributed by atoms with Crippen molar-refractivity contribution in [3.05, 3.63) is 177 Å². The number of alkyl halides is 25. The zero-order valence-corrected chi connectivity index (χ0v) is 36.5. The Bertz CT molecular complexity index is 2440. The SMILES string of the molecule is BrCc1c[n+](Cc2ccccc2)ccn1.FC(F)(F)c1cc([B-](c2cc(C(F)(F)F)cc(C(F)(F)F)c2)(c2cc(C(F)(F)F)cc(C(F)(F)F)c2)c2cc(C(F)(F)F)cc(C(F)(F)F)c2)cc(C(F)(F)F)c1. The second-order valence-electron chi connectivity index (χ2n) is 15.6. The highest BCUT2D eigenvalue weighted by Gasteiger charge is 2.47. The summed E-state index contributed by atoms with van der Waals surface area (Å²) in [5.74, 6) is 0. The first-order chi connectivity index (χ1) is 32.6. The molecular formula is C44H24BBrF24N2. The first-order valence-electron chi connectivity index (χ1n) is 19.4. The van der Waals surface area contributed by atoms with Gasteiger partial charge in [-0.25, -0.2) is 4.98 Å². The summed E-state index contributed by atoms with van der Waals surface area (Å²) >= 11 is 3.40. The Morgan fingerprint density at radius 1 is 0.375 bits per heavy atom. The minimum Gasteiger partial charge on any atom is -0.248 e. The van der Waals surface area contributed by atoms with E-state index in [0.717, 1.165) is 17.6 Å². The van der Waals surface area contributed by atoms with Gasteiger partial charge in [0.25, 0.3) is 0 Å². The molecule has 2 nitrogen and oxygen atoms in total. The maximum Gasteiger partial charge on any atom is 0.416 e. The number of benzene rings is 5. The fourth-order valence-corrected chi connectivity index (χ4v) is 7.80. The van der Waals surface area contributed by atoms with E-state index in [2.05, 4.69) is 55.9 Å². The highest BCUT2D eigenvalue weighted by Crippen LogP contribution is 2.41. The lowest BCUT2D eigenvalue weighted by Crippen LogP contribution is -2.75. The van der Waals surface area contributed by atoms with Gasteiger partial charge in [-0.1, -0.05) is 94.8 Å². The summed E-state index contributed by atoms with van der Waals surface area (Å²) in [5.41, 5.74) is -27.9. The van der Waals surface area contributed by atoms with E-state index in [1.807, 2.05) is 18.5 Å². The summed E-state index contributed by atoms with van der Waals surface area (Å²) in [7, 11) is 0. The molecule has 0 aliphatic heterocycles. The van der Waals surface area contributed by atoms with Crippen molar-refractivity contribution in [3.8, 4) is 0 Å². The van der Waals surface area contributed by atoms with E-state index in [-0.39, 0.29) is 0 Å². The Labute approximate surface area is 397 Å². The summed E-state index contributed by atoms with van der Waals surface area (Å²) in [6.45, 7) is 0.892. The van der Waals surface area contributed by atoms with Crippen LogP contribution in [0.4, 0.5) is 105 Å². The number of halogens is 25. The molecule has 28 heteroatoms. The van der Waals surface area contributed by atoms with E-state index < -0.39 is 195 Å². The van der Waals surface area contributed by atoms with Crippen LogP contribution >= 0.6 is 15.9 Å². The Kier molecular flexibility index (Phi) is 15.7. The Hall–Kier alpha value is -5.96. The second kappa shape index (κ2) is 19.8. The zero-order chi connectivity index (χ0) is 54.4. The quantitative estimate of drug-likeness (QED) is 0.0674. The minimum atomic E-state index is -6.13. The summed E-state index contributed by atoms with van der Waals surface area (Å²) in [4.78, 5) is 4.23. The molecular weight excluding hydrogens is 1100 g/mol. The lowest BCUT2D eigenvalue weighted by molar-refractivity contribution is -0.689. The van der Waals surface area contributed by atoms with Crippen LogP contribution in [0.1, 0.15) is 55.8 Å². The number of hydrogen-bond acceptors (Lipinski definition) is 1. The number of hydrogen-bond donors (Lipinski definition) is 0. The number of aromatic nitrogens is 2. The number of nitrogens with zero attached hydrogens (tertiary/aromatic N) is 2. The number of rotatable bonds is 7. The molecule has 0 amide bonds. The van der Waals surface area contributed by atoms with Crippen LogP contribution in [0.15, 0.2) is 122 Å². The Balaban J connectivity index is 0.000000542. The molecule has 0 aliphatic rings. The fourth-order valence-electron chi connectivity index (χ4n) is 7.51. The zero-order valence-electron chi connectivity index (χ0n) is 34.9. The van der Waals surface area contributed by atoms with Gasteiger partial charge in [0.15, 0.2) is 18.9 Å². The molecule has 0 radical (unpaired) electrons. The maximum absolute atomic E-state index is 14.2. The van der Waals surface area contributed by atoms with Crippen LogP contribution < -0.4 is 26.4 Å². The van der Waals surface area contributed by atoms with Gasteiger partial charge in [0.2, 0.25) is 0 Å². The molecule has 0 unspecified atom stereocenters. The fraction of sp³-hybridized carbons (Fsp3) is 0.227. The third kappa shape index (κ3) is 13.4. The van der Waals surface area contributed by atoms with Gasteiger partial charge in [-0.05, 0) is 24.3 Å². The van der Waals surface area contributed by atoms with Crippen molar-refractivity contribution in [2.24, 2.45) is 0 Å². The van der Waals surface area contributed by atoms with Crippen LogP contribution in [-0.2, 0) is 61.3 Å². The van der Waals surface area contributed by atoms with Gasteiger partial charge in [-0.2, -0.15) is 132 Å². The third-order valence-corrected chi connectivity index (χ3v) is 11.2. The molecule has 6 rings (SSSR count). The summed E-state index contributed by atoms with van der Waals surface area (Å²) < 4.78 is 343. The molecule has 72 heavy (non-hydrogen) atoms. The normalized spacial score (nSPS) is 13.5. The molecule has 5 aromatic carbocycles. The molecule has 0 aliphatic carbocycles. The van der Waals surface area contributed by atoms with Crippen molar-refractivity contribution < 1.29 is 110 Å². The first-order valence-corrected chi connectivity index (χ1v) is 20.6. The third-order valence-electron chi connectivity index (χ3n) is 10.6. The average molecular weight is 1130 g/mol. The van der Waals surface area contributed by atoms with Crippen LogP contribution in [0.5, 0.6) is 0 Å². The van der Waals surface area contributed by atoms with E-state index in [9.17, 15) is 105 Å². The van der Waals surface area contributed by atoms with Gasteiger partial charge < -0.3 is 0 Å². The average Bonchev–Trinajstić information content (AvgIpc) is 3.24. The predicted octanol–water partition coefficient (Wildman–Crippen LogP) is 13.5. The lowest BCUT2D eigenvalue weighted by Gasteiger charge is -2.46. The second-order valence-corrected chi connectivity index (χ2v) is 16.1. The highest BCUT2D eigenvalue weighted by atomic mass is 79.9. The molecule has 0 N–H and O–H groups in total. The largest absolute Gasteiger partial charge is 0.416 e. The van der Waals surface area contributed by atoms with Crippen LogP contribution in [0, 0.1) is 0 Å². The minimum absolute atomic E-state index is 0.691. The molecule has 0 bridgehead atoms. The van der Waals surface area contributed by atoms with Gasteiger partial charge in [0.1, 0.15) is 11.8 Å². The monoisotopic (exact) mass is 1130 g/mol. The van der Waals surface area contributed by atoms with Gasteiger partial charge in [-0.3, -0.25) is 0 Å². The summed E-state index contributed by atoms with van der Waals surface area (Å²) in [6, 6.07) is 1.59. The van der Waals surface area contributed by atoms with Crippen molar-refractivity contribution in [1.29, 1.82) is 0 Å². The van der Waals surface area contributed by atoms with Crippen LogP contribution in [0.25, 0.3) is 0 Å². The molecule has 6 aromatic rings. The van der Waals surface area contributed by atoms with E-state index in [4.69, 9.17) is 0 Å². The van der Waals surface area contributed by atoms with Crippen molar-refractivity contribution in [1.82, 2.24) is 4.98 Å². The summed E-state index contributed by atoms with van der Waals surface area (Å²) in [5, 5.41) is 0.794. The van der Waals surface area contributed by atoms with Crippen molar-refractivity contribution in [3.63, 3.8) is 0 Å². The van der Waals surface area contributed by atoms with E-state index >= 15 is 0 Å². The van der Waals surface area contributed by atoms with Gasteiger partial charge in [0.05, 0.1) is 56.0 Å². The Morgan fingerprint density at radius 2 is 0.625 bits per heavy atom. The van der Waals surface area contributed by atoms with Crippen LogP contribution in [0.3, 0.4) is 0 Å². The van der Waals surface area contributed by atoms with Crippen molar-refractivity contribution in [2.45, 2.75) is 61.3 Å². The van der Waals surface area contributed by atoms with E-state index in [0.29, 0.717) is 0 Å². The molecule has 0 saturated heterocycles. The van der Waals surface area contributed by atoms with Gasteiger partial charge >= 0.3 is 49.4 Å². The molecule has 0 fully saturated rings. The van der Waals surface area contributed by atoms with Gasteiger partial charge in [0, 0.05) is 5.56 Å². The molecule has 0 spiro atoms. The van der Waals surface area contributed by atoms with Gasteiger partial charge in [-0.15, -0.1) is 0 Å². The molecule has 0 atom stereocenters. The van der Waals surface area contributed by atoms with Crippen molar-refractivity contribution in [2.75, 3.05) is 0 Å². The predicted molar refractivity (Wildman–Crippen MR) is 213 cm³/mol. The maximum atomic E-state index is 14.2. The van der Waals surface area contributed by atoms with E-state index in [1.54, 1.807) is 0 Å². The molecule has 1 aromatic heterocycles. The van der Waals surface area contributed by atoms with E-state index in [1.165, 1.54) is 5.56 Å².